The minimum absolute atomic E-state index is 0.157. The summed E-state index contributed by atoms with van der Waals surface area (Å²) >= 11 is 0. The quantitative estimate of drug-likeness (QED) is 0.483. The Hall–Kier alpha value is -3.43. The number of para-hydroxylation sites is 1. The zero-order valence-corrected chi connectivity index (χ0v) is 13.9. The number of nitrogens with zero attached hydrogens (tertiary/aromatic N) is 1. The third-order valence-corrected chi connectivity index (χ3v) is 3.48. The van der Waals surface area contributed by atoms with E-state index in [1.165, 1.54) is 31.2 Å². The summed E-state index contributed by atoms with van der Waals surface area (Å²) < 4.78 is 43.3. The van der Waals surface area contributed by atoms with Gasteiger partial charge in [-0.1, -0.05) is 18.2 Å². The summed E-state index contributed by atoms with van der Waals surface area (Å²) in [7, 11) is 0. The standard InChI is InChI=1S/C17H13F3N2O5/c1-10-6-7-11(8-14(10)22(25)26)16(24)27-9-15(23)21-13-5-3-2-4-12(13)17(18,19)20/h2-8H,9H2,1H3,(H,21,23). The van der Waals surface area contributed by atoms with E-state index >= 15 is 0 Å². The van der Waals surface area contributed by atoms with E-state index in [2.05, 4.69) is 0 Å². The van der Waals surface area contributed by atoms with Gasteiger partial charge in [0.15, 0.2) is 6.61 Å². The molecule has 2 aromatic rings. The molecule has 0 aliphatic carbocycles. The second-order valence-electron chi connectivity index (χ2n) is 5.43. The number of amides is 1. The number of hydrogen-bond acceptors (Lipinski definition) is 5. The topological polar surface area (TPSA) is 98.5 Å². The van der Waals surface area contributed by atoms with Gasteiger partial charge in [-0.2, -0.15) is 13.2 Å². The van der Waals surface area contributed by atoms with E-state index in [0.29, 0.717) is 5.56 Å². The molecule has 0 saturated carbocycles. The highest BCUT2D eigenvalue weighted by molar-refractivity contribution is 5.96. The molecule has 0 unspecified atom stereocenters. The van der Waals surface area contributed by atoms with Crippen LogP contribution in [0.5, 0.6) is 0 Å². The Labute approximate surface area is 150 Å². The maximum atomic E-state index is 12.9. The zero-order chi connectivity index (χ0) is 20.2. The molecule has 2 rings (SSSR count). The van der Waals surface area contributed by atoms with Crippen LogP contribution in [0.1, 0.15) is 21.5 Å². The number of ether oxygens (including phenoxy) is 1. The van der Waals surface area contributed by atoms with Crippen molar-refractivity contribution in [2.24, 2.45) is 0 Å². The fourth-order valence-electron chi connectivity index (χ4n) is 2.17. The number of hydrogen-bond donors (Lipinski definition) is 1. The summed E-state index contributed by atoms with van der Waals surface area (Å²) in [4.78, 5) is 33.9. The average molecular weight is 382 g/mol. The molecule has 0 heterocycles. The fourth-order valence-corrected chi connectivity index (χ4v) is 2.17. The van der Waals surface area contributed by atoms with Crippen molar-refractivity contribution in [3.63, 3.8) is 0 Å². The number of benzene rings is 2. The Bertz CT molecular complexity index is 896. The van der Waals surface area contributed by atoms with Gasteiger partial charge in [0.05, 0.1) is 21.7 Å². The number of carbonyl (C=O) groups excluding carboxylic acids is 2. The summed E-state index contributed by atoms with van der Waals surface area (Å²) in [5, 5.41) is 12.9. The zero-order valence-electron chi connectivity index (χ0n) is 13.9. The first-order valence-corrected chi connectivity index (χ1v) is 7.48. The van der Waals surface area contributed by atoms with Crippen LogP contribution in [0.25, 0.3) is 0 Å². The first-order valence-electron chi connectivity index (χ1n) is 7.48. The molecule has 7 nitrogen and oxygen atoms in total. The van der Waals surface area contributed by atoms with Crippen molar-refractivity contribution >= 4 is 23.3 Å². The lowest BCUT2D eigenvalue weighted by Crippen LogP contribution is -2.22. The monoisotopic (exact) mass is 382 g/mol. The molecule has 0 saturated heterocycles. The van der Waals surface area contributed by atoms with Gasteiger partial charge in [-0.05, 0) is 25.1 Å². The van der Waals surface area contributed by atoms with Crippen molar-refractivity contribution in [2.45, 2.75) is 13.1 Å². The van der Waals surface area contributed by atoms with Crippen LogP contribution < -0.4 is 5.32 Å². The number of alkyl halides is 3. The van der Waals surface area contributed by atoms with Gasteiger partial charge in [0.25, 0.3) is 11.6 Å². The number of rotatable bonds is 5. The maximum absolute atomic E-state index is 12.9. The lowest BCUT2D eigenvalue weighted by molar-refractivity contribution is -0.385. The molecule has 0 atom stereocenters. The second-order valence-corrected chi connectivity index (χ2v) is 5.43. The number of nitrogens with one attached hydrogen (secondary N) is 1. The highest BCUT2D eigenvalue weighted by atomic mass is 19.4. The molecule has 10 heteroatoms. The SMILES string of the molecule is Cc1ccc(C(=O)OCC(=O)Nc2ccccc2C(F)(F)F)cc1[N+](=O)[O-]. The summed E-state index contributed by atoms with van der Waals surface area (Å²) in [5.41, 5.74) is -1.64. The molecule has 0 aromatic heterocycles. The van der Waals surface area contributed by atoms with Crippen LogP contribution in [-0.2, 0) is 15.7 Å². The lowest BCUT2D eigenvalue weighted by Gasteiger charge is -2.13. The molecule has 0 radical (unpaired) electrons. The van der Waals surface area contributed by atoms with Gasteiger partial charge >= 0.3 is 12.1 Å². The third kappa shape index (κ3) is 5.03. The molecule has 0 aliphatic heterocycles. The number of nitro groups is 1. The summed E-state index contributed by atoms with van der Waals surface area (Å²) in [5.74, 6) is -2.00. The van der Waals surface area contributed by atoms with Crippen LogP contribution in [0.3, 0.4) is 0 Å². The maximum Gasteiger partial charge on any atom is 0.418 e. The van der Waals surface area contributed by atoms with Gasteiger partial charge in [0, 0.05) is 11.6 Å². The average Bonchev–Trinajstić information content (AvgIpc) is 2.59. The predicted molar refractivity (Wildman–Crippen MR) is 88.2 cm³/mol. The number of nitro benzene ring substituents is 1. The summed E-state index contributed by atoms with van der Waals surface area (Å²) in [6.45, 7) is 0.630. The van der Waals surface area contributed by atoms with E-state index < -0.39 is 40.8 Å². The minimum Gasteiger partial charge on any atom is -0.452 e. The van der Waals surface area contributed by atoms with Crippen LogP contribution in [0, 0.1) is 17.0 Å². The van der Waals surface area contributed by atoms with Crippen LogP contribution >= 0.6 is 0 Å². The lowest BCUT2D eigenvalue weighted by atomic mass is 10.1. The smallest absolute Gasteiger partial charge is 0.418 e. The molecular weight excluding hydrogens is 369 g/mol. The Morgan fingerprint density at radius 3 is 2.48 bits per heavy atom. The minimum atomic E-state index is -4.67. The molecule has 0 fully saturated rings. The van der Waals surface area contributed by atoms with Crippen LogP contribution in [0.4, 0.5) is 24.5 Å². The van der Waals surface area contributed by atoms with Crippen molar-refractivity contribution in [3.8, 4) is 0 Å². The normalized spacial score (nSPS) is 11.0. The van der Waals surface area contributed by atoms with E-state index in [1.54, 1.807) is 0 Å². The van der Waals surface area contributed by atoms with E-state index in [0.717, 1.165) is 18.2 Å². The van der Waals surface area contributed by atoms with Crippen molar-refractivity contribution in [1.29, 1.82) is 0 Å². The predicted octanol–water partition coefficient (Wildman–Crippen LogP) is 3.72. The first-order chi connectivity index (χ1) is 12.6. The Morgan fingerprint density at radius 1 is 1.19 bits per heavy atom. The first kappa shape index (κ1) is 19.9. The van der Waals surface area contributed by atoms with Crippen LogP contribution in [-0.4, -0.2) is 23.4 Å². The molecular formula is C17H13F3N2O5. The van der Waals surface area contributed by atoms with Gasteiger partial charge in [0.2, 0.25) is 0 Å². The molecule has 0 aliphatic rings. The summed E-state index contributed by atoms with van der Waals surface area (Å²) in [6, 6.07) is 7.95. The van der Waals surface area contributed by atoms with Crippen LogP contribution in [0.2, 0.25) is 0 Å². The van der Waals surface area contributed by atoms with E-state index in [9.17, 15) is 32.9 Å². The molecule has 27 heavy (non-hydrogen) atoms. The van der Waals surface area contributed by atoms with E-state index in [4.69, 9.17) is 4.74 Å². The van der Waals surface area contributed by atoms with Gasteiger partial charge in [-0.15, -0.1) is 0 Å². The molecule has 2 aromatic carbocycles. The molecule has 1 N–H and O–H groups in total. The number of halogens is 3. The number of aryl methyl sites for hydroxylation is 1. The number of carbonyl (C=O) groups is 2. The fraction of sp³-hybridized carbons (Fsp3) is 0.176. The molecule has 1 amide bonds. The largest absolute Gasteiger partial charge is 0.452 e. The van der Waals surface area contributed by atoms with Crippen molar-refractivity contribution in [3.05, 3.63) is 69.3 Å². The molecule has 142 valence electrons. The molecule has 0 bridgehead atoms. The van der Waals surface area contributed by atoms with E-state index in [1.807, 2.05) is 5.32 Å². The van der Waals surface area contributed by atoms with Crippen molar-refractivity contribution in [2.75, 3.05) is 11.9 Å². The third-order valence-electron chi connectivity index (χ3n) is 3.48. The Morgan fingerprint density at radius 2 is 1.85 bits per heavy atom. The van der Waals surface area contributed by atoms with Crippen molar-refractivity contribution in [1.82, 2.24) is 0 Å². The highest BCUT2D eigenvalue weighted by Gasteiger charge is 2.33. The van der Waals surface area contributed by atoms with Gasteiger partial charge in [-0.25, -0.2) is 4.79 Å². The van der Waals surface area contributed by atoms with Crippen LogP contribution in [0.15, 0.2) is 42.5 Å². The van der Waals surface area contributed by atoms with Gasteiger partial charge < -0.3 is 10.1 Å². The Balaban J connectivity index is 2.04. The Kier molecular flexibility index (Phi) is 5.78. The van der Waals surface area contributed by atoms with Gasteiger partial charge in [0.1, 0.15) is 0 Å². The van der Waals surface area contributed by atoms with Gasteiger partial charge in [-0.3, -0.25) is 14.9 Å². The second kappa shape index (κ2) is 7.85. The highest BCUT2D eigenvalue weighted by Crippen LogP contribution is 2.34. The summed E-state index contributed by atoms with van der Waals surface area (Å²) in [6.07, 6.45) is -4.67. The van der Waals surface area contributed by atoms with E-state index in [-0.39, 0.29) is 11.3 Å². The molecule has 0 spiro atoms. The van der Waals surface area contributed by atoms with Crippen molar-refractivity contribution < 1.29 is 32.4 Å². The number of anilines is 1. The number of esters is 1.